The van der Waals surface area contributed by atoms with Gasteiger partial charge in [0.1, 0.15) is 0 Å². The van der Waals surface area contributed by atoms with Crippen molar-refractivity contribution in [3.63, 3.8) is 0 Å². The number of nitrogen functional groups attached to an aromatic ring is 1. The number of Topliss-reactive ketones (excluding diaryl/α,β-unsaturated/α-hetero) is 1. The number of nitrogens with zero attached hydrogens (tertiary/aromatic N) is 1. The minimum absolute atomic E-state index is 0.281. The maximum Gasteiger partial charge on any atom is 0.264 e. The van der Waals surface area contributed by atoms with Crippen molar-refractivity contribution in [1.82, 2.24) is 0 Å². The molecule has 1 unspecified atom stereocenters. The summed E-state index contributed by atoms with van der Waals surface area (Å²) in [6.45, 7) is 0.281. The fourth-order valence-electron chi connectivity index (χ4n) is 3.66. The topological polar surface area (TPSA) is 83.6 Å². The summed E-state index contributed by atoms with van der Waals surface area (Å²) in [5.74, 6) is -0.920. The molecule has 0 radical (unpaired) electrons. The lowest BCUT2D eigenvalue weighted by atomic mass is 9.88. The van der Waals surface area contributed by atoms with E-state index in [2.05, 4.69) is 0 Å². The van der Waals surface area contributed by atoms with Gasteiger partial charge in [-0.05, 0) is 35.9 Å². The molecule has 0 fully saturated rings. The third-order valence-corrected chi connectivity index (χ3v) is 5.34. The van der Waals surface area contributed by atoms with E-state index in [0.29, 0.717) is 27.5 Å². The Kier molecular flexibility index (Phi) is 4.86. The Balaban J connectivity index is 1.72. The number of hydrogen-bond donors (Lipinski definition) is 2. The number of anilines is 2. The van der Waals surface area contributed by atoms with Crippen molar-refractivity contribution in [1.29, 1.82) is 0 Å². The molecule has 3 aromatic carbocycles. The molecule has 29 heavy (non-hydrogen) atoms. The van der Waals surface area contributed by atoms with Crippen molar-refractivity contribution < 1.29 is 14.7 Å². The van der Waals surface area contributed by atoms with E-state index in [9.17, 15) is 14.7 Å². The van der Waals surface area contributed by atoms with Crippen LogP contribution < -0.4 is 10.6 Å². The summed E-state index contributed by atoms with van der Waals surface area (Å²) >= 11 is 6.14. The van der Waals surface area contributed by atoms with E-state index in [0.717, 1.165) is 5.56 Å². The van der Waals surface area contributed by atoms with E-state index in [1.165, 1.54) is 11.0 Å². The van der Waals surface area contributed by atoms with Crippen LogP contribution in [0.1, 0.15) is 27.9 Å². The van der Waals surface area contributed by atoms with Crippen LogP contribution in [0.4, 0.5) is 11.4 Å². The van der Waals surface area contributed by atoms with Gasteiger partial charge in [-0.3, -0.25) is 9.59 Å². The molecule has 0 saturated heterocycles. The number of hydrogen-bond acceptors (Lipinski definition) is 4. The zero-order valence-corrected chi connectivity index (χ0v) is 16.3. The van der Waals surface area contributed by atoms with Crippen molar-refractivity contribution in [2.45, 2.75) is 18.6 Å². The number of ketones is 1. The molecule has 5 nitrogen and oxygen atoms in total. The van der Waals surface area contributed by atoms with Gasteiger partial charge in [-0.15, -0.1) is 0 Å². The molecule has 1 aliphatic rings. The molecule has 0 aliphatic carbocycles. The molecule has 1 aliphatic heterocycles. The minimum atomic E-state index is -1.99. The van der Waals surface area contributed by atoms with Gasteiger partial charge in [-0.25, -0.2) is 0 Å². The van der Waals surface area contributed by atoms with E-state index in [-0.39, 0.29) is 12.3 Å². The predicted octanol–water partition coefficient (Wildman–Crippen LogP) is 3.93. The van der Waals surface area contributed by atoms with Gasteiger partial charge in [0.2, 0.25) is 0 Å². The molecule has 3 N–H and O–H groups in total. The van der Waals surface area contributed by atoms with E-state index in [1.807, 2.05) is 30.3 Å². The monoisotopic (exact) mass is 406 g/mol. The molecular weight excluding hydrogens is 388 g/mol. The Labute approximate surface area is 173 Å². The zero-order chi connectivity index (χ0) is 20.6. The Morgan fingerprint density at radius 3 is 2.52 bits per heavy atom. The van der Waals surface area contributed by atoms with Crippen LogP contribution in [0.3, 0.4) is 0 Å². The van der Waals surface area contributed by atoms with Crippen molar-refractivity contribution in [3.05, 3.63) is 94.5 Å². The number of amides is 1. The Hall–Kier alpha value is -3.15. The van der Waals surface area contributed by atoms with Gasteiger partial charge in [0.15, 0.2) is 11.4 Å². The molecule has 1 atom stereocenters. The zero-order valence-electron chi connectivity index (χ0n) is 15.5. The molecular formula is C23H19ClN2O3. The largest absolute Gasteiger partial charge is 0.399 e. The molecule has 0 aromatic heterocycles. The van der Waals surface area contributed by atoms with Gasteiger partial charge in [0, 0.05) is 21.8 Å². The number of halogens is 1. The summed E-state index contributed by atoms with van der Waals surface area (Å²) in [5.41, 5.74) is 6.35. The Morgan fingerprint density at radius 2 is 1.79 bits per heavy atom. The first-order chi connectivity index (χ1) is 13.9. The highest BCUT2D eigenvalue weighted by molar-refractivity contribution is 6.31. The molecule has 0 spiro atoms. The quantitative estimate of drug-likeness (QED) is 0.496. The van der Waals surface area contributed by atoms with Gasteiger partial charge in [0.05, 0.1) is 18.7 Å². The molecule has 1 amide bonds. The number of carbonyl (C=O) groups is 2. The third kappa shape index (κ3) is 3.50. The number of fused-ring (bicyclic) bond motifs is 1. The summed E-state index contributed by atoms with van der Waals surface area (Å²) in [6.07, 6.45) is -0.395. The number of benzene rings is 3. The summed E-state index contributed by atoms with van der Waals surface area (Å²) in [7, 11) is 0. The first-order valence-corrected chi connectivity index (χ1v) is 9.53. The van der Waals surface area contributed by atoms with Gasteiger partial charge in [0.25, 0.3) is 5.91 Å². The van der Waals surface area contributed by atoms with Crippen LogP contribution in [0.15, 0.2) is 72.8 Å². The number of nitrogens with two attached hydrogens (primary N) is 1. The average molecular weight is 407 g/mol. The fraction of sp³-hybridized carbons (Fsp3) is 0.130. The van der Waals surface area contributed by atoms with Crippen LogP contribution in [0, 0.1) is 0 Å². The average Bonchev–Trinajstić information content (AvgIpc) is 2.90. The molecule has 0 saturated carbocycles. The standard InChI is InChI=1S/C23H19ClN2O3/c24-17-9-10-20-19(12-17)23(29,13-21(27)16-7-4-8-18(25)11-16)22(28)26(20)14-15-5-2-1-3-6-15/h1-12,29H,13-14,25H2. The van der Waals surface area contributed by atoms with Gasteiger partial charge >= 0.3 is 0 Å². The number of aliphatic hydroxyl groups is 1. The molecule has 6 heteroatoms. The van der Waals surface area contributed by atoms with Crippen molar-refractivity contribution in [2.75, 3.05) is 10.6 Å². The maximum atomic E-state index is 13.3. The van der Waals surface area contributed by atoms with Crippen LogP contribution in [-0.4, -0.2) is 16.8 Å². The minimum Gasteiger partial charge on any atom is -0.399 e. The Bertz CT molecular complexity index is 1100. The van der Waals surface area contributed by atoms with Crippen LogP contribution in [0.5, 0.6) is 0 Å². The highest BCUT2D eigenvalue weighted by Crippen LogP contribution is 2.44. The number of carbonyl (C=O) groups excluding carboxylic acids is 2. The van der Waals surface area contributed by atoms with Crippen LogP contribution in [0.25, 0.3) is 0 Å². The van der Waals surface area contributed by atoms with E-state index >= 15 is 0 Å². The first kappa shape index (κ1) is 19.2. The van der Waals surface area contributed by atoms with E-state index in [4.69, 9.17) is 17.3 Å². The van der Waals surface area contributed by atoms with Crippen LogP contribution in [-0.2, 0) is 16.9 Å². The normalized spacial score (nSPS) is 18.0. The molecule has 0 bridgehead atoms. The Morgan fingerprint density at radius 1 is 1.03 bits per heavy atom. The second-order valence-corrected chi connectivity index (χ2v) is 7.56. The molecule has 4 rings (SSSR count). The lowest BCUT2D eigenvalue weighted by Crippen LogP contribution is -2.41. The summed E-state index contributed by atoms with van der Waals surface area (Å²) in [4.78, 5) is 27.6. The van der Waals surface area contributed by atoms with Crippen molar-refractivity contribution >= 4 is 34.7 Å². The second kappa shape index (κ2) is 7.35. The van der Waals surface area contributed by atoms with E-state index in [1.54, 1.807) is 36.4 Å². The smallest absolute Gasteiger partial charge is 0.264 e. The highest BCUT2D eigenvalue weighted by atomic mass is 35.5. The number of rotatable bonds is 5. The van der Waals surface area contributed by atoms with Gasteiger partial charge in [-0.1, -0.05) is 54.1 Å². The SMILES string of the molecule is Nc1cccc(C(=O)CC2(O)C(=O)N(Cc3ccccc3)c3ccc(Cl)cc32)c1. The lowest BCUT2D eigenvalue weighted by Gasteiger charge is -2.23. The third-order valence-electron chi connectivity index (χ3n) is 5.10. The fourth-order valence-corrected chi connectivity index (χ4v) is 3.84. The lowest BCUT2D eigenvalue weighted by molar-refractivity contribution is -0.136. The summed E-state index contributed by atoms with van der Waals surface area (Å²) in [6, 6.07) is 20.8. The van der Waals surface area contributed by atoms with Crippen LogP contribution >= 0.6 is 11.6 Å². The molecule has 3 aromatic rings. The van der Waals surface area contributed by atoms with E-state index < -0.39 is 17.9 Å². The van der Waals surface area contributed by atoms with Crippen molar-refractivity contribution in [2.24, 2.45) is 0 Å². The van der Waals surface area contributed by atoms with Crippen LogP contribution in [0.2, 0.25) is 5.02 Å². The molecule has 1 heterocycles. The molecule has 146 valence electrons. The predicted molar refractivity (Wildman–Crippen MR) is 113 cm³/mol. The van der Waals surface area contributed by atoms with Crippen molar-refractivity contribution in [3.8, 4) is 0 Å². The second-order valence-electron chi connectivity index (χ2n) is 7.12. The van der Waals surface area contributed by atoms with Gasteiger partial charge < -0.3 is 15.7 Å². The first-order valence-electron chi connectivity index (χ1n) is 9.15. The maximum absolute atomic E-state index is 13.3. The summed E-state index contributed by atoms with van der Waals surface area (Å²) in [5, 5.41) is 11.8. The highest BCUT2D eigenvalue weighted by Gasteiger charge is 2.51. The summed E-state index contributed by atoms with van der Waals surface area (Å²) < 4.78 is 0. The van der Waals surface area contributed by atoms with Gasteiger partial charge in [-0.2, -0.15) is 0 Å².